The first-order chi connectivity index (χ1) is 6.40. The number of hydrogen-bond donors (Lipinski definition) is 2. The van der Waals surface area contributed by atoms with Gasteiger partial charge < -0.3 is 5.32 Å². The first-order valence-corrected chi connectivity index (χ1v) is 3.82. The summed E-state index contributed by atoms with van der Waals surface area (Å²) in [5.41, 5.74) is -0.883. The average molecular weight is 228 g/mol. The van der Waals surface area contributed by atoms with Crippen LogP contribution in [0.5, 0.6) is 0 Å². The van der Waals surface area contributed by atoms with Crippen LogP contribution in [0.1, 0.15) is 0 Å². The summed E-state index contributed by atoms with van der Waals surface area (Å²) in [5.74, 6) is 0. The summed E-state index contributed by atoms with van der Waals surface area (Å²) in [7, 11) is 0. The van der Waals surface area contributed by atoms with Gasteiger partial charge in [0, 0.05) is 0 Å². The fourth-order valence-electron chi connectivity index (χ4n) is 0.702. The number of nitrogens with zero attached hydrogens (tertiary/aromatic N) is 1. The first kappa shape index (κ1) is 10.8. The molecular formula is C6H5ClF3N3O. The number of nitrogens with one attached hydrogen (secondary N) is 2. The molecule has 1 aromatic rings. The Balaban J connectivity index is 2.78. The van der Waals surface area contributed by atoms with E-state index < -0.39 is 18.3 Å². The van der Waals surface area contributed by atoms with E-state index in [2.05, 4.69) is 5.10 Å². The van der Waals surface area contributed by atoms with Crippen LogP contribution in [-0.2, 0) is 0 Å². The van der Waals surface area contributed by atoms with Crippen molar-refractivity contribution < 1.29 is 13.2 Å². The molecule has 78 valence electrons. The highest BCUT2D eigenvalue weighted by molar-refractivity contribution is 6.32. The summed E-state index contributed by atoms with van der Waals surface area (Å²) in [4.78, 5) is 10.8. The van der Waals surface area contributed by atoms with E-state index in [4.69, 9.17) is 11.6 Å². The monoisotopic (exact) mass is 227 g/mol. The Kier molecular flexibility index (Phi) is 3.00. The number of aromatic nitrogens is 2. The molecule has 0 atom stereocenters. The molecule has 0 radical (unpaired) electrons. The standard InChI is InChI=1S/C6H5ClF3N3O/c7-4-3(1-12-13-5(4)14)11-2-6(8,9)10/h1H,2H2,(H2,11,13,14). The van der Waals surface area contributed by atoms with Crippen LogP contribution in [0, 0.1) is 0 Å². The number of aromatic amines is 1. The van der Waals surface area contributed by atoms with Crippen LogP contribution in [0.4, 0.5) is 18.9 Å². The molecule has 14 heavy (non-hydrogen) atoms. The smallest absolute Gasteiger partial charge is 0.374 e. The van der Waals surface area contributed by atoms with Crippen molar-refractivity contribution in [3.63, 3.8) is 0 Å². The summed E-state index contributed by atoms with van der Waals surface area (Å²) in [6.07, 6.45) is -3.36. The van der Waals surface area contributed by atoms with E-state index in [1.165, 1.54) is 0 Å². The number of hydrogen-bond acceptors (Lipinski definition) is 3. The SMILES string of the molecule is O=c1[nH]ncc(NCC(F)(F)F)c1Cl. The summed E-state index contributed by atoms with van der Waals surface area (Å²) in [6, 6.07) is 0. The number of halogens is 4. The second kappa shape index (κ2) is 3.87. The Labute approximate surface area is 81.1 Å². The molecule has 0 aliphatic rings. The van der Waals surface area contributed by atoms with Crippen LogP contribution >= 0.6 is 11.6 Å². The van der Waals surface area contributed by atoms with Crippen molar-refractivity contribution in [2.75, 3.05) is 11.9 Å². The van der Waals surface area contributed by atoms with Gasteiger partial charge >= 0.3 is 6.18 Å². The van der Waals surface area contributed by atoms with Gasteiger partial charge in [-0.25, -0.2) is 5.10 Å². The lowest BCUT2D eigenvalue weighted by Crippen LogP contribution is -2.23. The molecule has 0 fully saturated rings. The second-order valence-electron chi connectivity index (χ2n) is 2.40. The molecule has 0 aliphatic heterocycles. The highest BCUT2D eigenvalue weighted by Crippen LogP contribution is 2.19. The number of rotatable bonds is 2. The maximum absolute atomic E-state index is 11.8. The van der Waals surface area contributed by atoms with Gasteiger partial charge in [0.25, 0.3) is 5.56 Å². The molecule has 0 saturated carbocycles. The van der Waals surface area contributed by atoms with Crippen LogP contribution in [0.2, 0.25) is 5.02 Å². The van der Waals surface area contributed by atoms with Crippen molar-refractivity contribution in [3.8, 4) is 0 Å². The predicted molar refractivity (Wildman–Crippen MR) is 44.4 cm³/mol. The third-order valence-corrected chi connectivity index (χ3v) is 1.65. The molecule has 1 aromatic heterocycles. The minimum absolute atomic E-state index is 0.146. The molecule has 0 aromatic carbocycles. The van der Waals surface area contributed by atoms with E-state index in [0.717, 1.165) is 6.20 Å². The van der Waals surface area contributed by atoms with Crippen molar-refractivity contribution in [1.82, 2.24) is 10.2 Å². The Morgan fingerprint density at radius 2 is 2.21 bits per heavy atom. The highest BCUT2D eigenvalue weighted by Gasteiger charge is 2.27. The topological polar surface area (TPSA) is 57.8 Å². The van der Waals surface area contributed by atoms with Gasteiger partial charge in [0.15, 0.2) is 0 Å². The molecule has 0 unspecified atom stereocenters. The molecule has 0 aliphatic carbocycles. The molecule has 2 N–H and O–H groups in total. The third-order valence-electron chi connectivity index (χ3n) is 1.27. The van der Waals surface area contributed by atoms with Crippen molar-refractivity contribution in [3.05, 3.63) is 21.6 Å². The van der Waals surface area contributed by atoms with E-state index in [1.54, 1.807) is 0 Å². The Bertz CT molecular complexity index is 375. The van der Waals surface area contributed by atoms with E-state index in [1.807, 2.05) is 10.4 Å². The van der Waals surface area contributed by atoms with Gasteiger partial charge in [-0.2, -0.15) is 18.3 Å². The molecule has 0 amide bonds. The lowest BCUT2D eigenvalue weighted by atomic mass is 10.4. The zero-order valence-electron chi connectivity index (χ0n) is 6.65. The van der Waals surface area contributed by atoms with Gasteiger partial charge in [-0.05, 0) is 0 Å². The van der Waals surface area contributed by atoms with Crippen molar-refractivity contribution in [1.29, 1.82) is 0 Å². The highest BCUT2D eigenvalue weighted by atomic mass is 35.5. The van der Waals surface area contributed by atoms with Crippen molar-refractivity contribution >= 4 is 17.3 Å². The largest absolute Gasteiger partial charge is 0.405 e. The van der Waals surface area contributed by atoms with Crippen LogP contribution < -0.4 is 10.9 Å². The lowest BCUT2D eigenvalue weighted by molar-refractivity contribution is -0.115. The van der Waals surface area contributed by atoms with E-state index in [0.29, 0.717) is 0 Å². The molecule has 1 rings (SSSR count). The summed E-state index contributed by atoms with van der Waals surface area (Å²) >= 11 is 5.41. The van der Waals surface area contributed by atoms with Crippen LogP contribution in [0.3, 0.4) is 0 Å². The summed E-state index contributed by atoms with van der Waals surface area (Å²) < 4.78 is 35.3. The minimum Gasteiger partial charge on any atom is -0.374 e. The summed E-state index contributed by atoms with van der Waals surface area (Å²) in [5, 5.41) is 6.88. The maximum Gasteiger partial charge on any atom is 0.405 e. The second-order valence-corrected chi connectivity index (χ2v) is 2.77. The van der Waals surface area contributed by atoms with Gasteiger partial charge in [-0.1, -0.05) is 11.6 Å². The zero-order valence-corrected chi connectivity index (χ0v) is 7.41. The lowest BCUT2D eigenvalue weighted by Gasteiger charge is -2.09. The molecule has 0 saturated heterocycles. The maximum atomic E-state index is 11.8. The normalized spacial score (nSPS) is 11.4. The van der Waals surface area contributed by atoms with E-state index >= 15 is 0 Å². The number of H-pyrrole nitrogens is 1. The number of alkyl halides is 3. The molecule has 0 spiro atoms. The average Bonchev–Trinajstić information content (AvgIpc) is 2.06. The zero-order chi connectivity index (χ0) is 10.8. The fraction of sp³-hybridized carbons (Fsp3) is 0.333. The molecule has 4 nitrogen and oxygen atoms in total. The number of anilines is 1. The quantitative estimate of drug-likeness (QED) is 0.803. The molecule has 0 bridgehead atoms. The van der Waals surface area contributed by atoms with Gasteiger partial charge in [-0.15, -0.1) is 0 Å². The van der Waals surface area contributed by atoms with Crippen molar-refractivity contribution in [2.24, 2.45) is 0 Å². The van der Waals surface area contributed by atoms with Gasteiger partial charge in [0.2, 0.25) is 0 Å². The Hall–Kier alpha value is -1.24. The molecular weight excluding hydrogens is 223 g/mol. The van der Waals surface area contributed by atoms with Crippen molar-refractivity contribution in [2.45, 2.75) is 6.18 Å². The van der Waals surface area contributed by atoms with E-state index in [-0.39, 0.29) is 10.7 Å². The van der Waals surface area contributed by atoms with Crippen LogP contribution in [0.15, 0.2) is 11.0 Å². The van der Waals surface area contributed by atoms with Crippen LogP contribution in [-0.4, -0.2) is 22.9 Å². The fourth-order valence-corrected chi connectivity index (χ4v) is 0.860. The van der Waals surface area contributed by atoms with Gasteiger partial charge in [-0.3, -0.25) is 4.79 Å². The Morgan fingerprint density at radius 1 is 1.57 bits per heavy atom. The van der Waals surface area contributed by atoms with Crippen LogP contribution in [0.25, 0.3) is 0 Å². The summed E-state index contributed by atoms with van der Waals surface area (Å²) in [6.45, 7) is -1.27. The predicted octanol–water partition coefficient (Wildman–Crippen LogP) is 1.40. The molecule has 1 heterocycles. The first-order valence-electron chi connectivity index (χ1n) is 3.44. The Morgan fingerprint density at radius 3 is 2.79 bits per heavy atom. The van der Waals surface area contributed by atoms with Gasteiger partial charge in [0.05, 0.1) is 11.9 Å². The van der Waals surface area contributed by atoms with Gasteiger partial charge in [0.1, 0.15) is 11.6 Å². The third kappa shape index (κ3) is 2.91. The molecule has 8 heteroatoms. The van der Waals surface area contributed by atoms with E-state index in [9.17, 15) is 18.0 Å². The minimum atomic E-state index is -4.37.